The van der Waals surface area contributed by atoms with Gasteiger partial charge in [0, 0.05) is 21.9 Å². The van der Waals surface area contributed by atoms with Crippen molar-refractivity contribution in [2.24, 2.45) is 0 Å². The van der Waals surface area contributed by atoms with Crippen LogP contribution in [-0.4, -0.2) is 9.97 Å². The van der Waals surface area contributed by atoms with Crippen LogP contribution in [0.4, 0.5) is 0 Å². The number of pyridine rings is 2. The Morgan fingerprint density at radius 2 is 0.741 bits per heavy atom. The molecule has 0 N–H and O–H groups in total. The molecule has 0 aliphatic heterocycles. The Morgan fingerprint density at radius 1 is 0.389 bits per heavy atom. The number of rotatable bonds is 6. The Hall–Kier alpha value is -5.08. The molecule has 2 nitrogen and oxygen atoms in total. The minimum atomic E-state index is 0.671. The highest BCUT2D eigenvalue weighted by Crippen LogP contribution is 2.43. The van der Waals surface area contributed by atoms with E-state index in [9.17, 15) is 0 Å². The van der Waals surface area contributed by atoms with Crippen LogP contribution in [0.3, 0.4) is 0 Å². The molecular formula is C52H52N2. The molecule has 5 aromatic carbocycles. The van der Waals surface area contributed by atoms with E-state index in [1.807, 2.05) is 0 Å². The van der Waals surface area contributed by atoms with Gasteiger partial charge >= 0.3 is 0 Å². The minimum Gasteiger partial charge on any atom is -0.245 e. The van der Waals surface area contributed by atoms with Crippen molar-refractivity contribution < 1.29 is 0 Å². The van der Waals surface area contributed by atoms with E-state index in [1.165, 1.54) is 120 Å². The summed E-state index contributed by atoms with van der Waals surface area (Å²) in [7, 11) is 0. The van der Waals surface area contributed by atoms with E-state index in [1.54, 1.807) is 11.1 Å². The van der Waals surface area contributed by atoms with Gasteiger partial charge in [-0.05, 0) is 157 Å². The molecule has 0 atom stereocenters. The van der Waals surface area contributed by atoms with Crippen LogP contribution in [0, 0.1) is 27.7 Å². The van der Waals surface area contributed by atoms with E-state index in [2.05, 4.69) is 137 Å². The number of fused-ring (bicyclic) bond motifs is 3. The Kier molecular flexibility index (Phi) is 9.39. The molecule has 0 bridgehead atoms. The van der Waals surface area contributed by atoms with E-state index >= 15 is 0 Å². The zero-order valence-corrected chi connectivity index (χ0v) is 32.5. The van der Waals surface area contributed by atoms with Gasteiger partial charge in [0.15, 0.2) is 0 Å². The molecule has 0 saturated heterocycles. The third kappa shape index (κ3) is 6.44. The Bertz CT molecular complexity index is 2260. The highest BCUT2D eigenvalue weighted by Gasteiger charge is 2.23. The molecule has 0 unspecified atom stereocenters. The van der Waals surface area contributed by atoms with Crippen LogP contribution in [0.2, 0.25) is 0 Å². The lowest BCUT2D eigenvalue weighted by atomic mass is 9.79. The zero-order valence-electron chi connectivity index (χ0n) is 32.5. The van der Waals surface area contributed by atoms with Gasteiger partial charge in [-0.2, -0.15) is 0 Å². The third-order valence-electron chi connectivity index (χ3n) is 12.7. The second kappa shape index (κ2) is 14.6. The lowest BCUT2D eigenvalue weighted by Crippen LogP contribution is -2.08. The first kappa shape index (κ1) is 34.7. The third-order valence-corrected chi connectivity index (χ3v) is 12.7. The summed E-state index contributed by atoms with van der Waals surface area (Å²) >= 11 is 0. The summed E-state index contributed by atoms with van der Waals surface area (Å²) in [6.07, 6.45) is 13.3. The number of hydrogen-bond acceptors (Lipinski definition) is 2. The Labute approximate surface area is 321 Å². The molecule has 0 radical (unpaired) electrons. The number of benzene rings is 5. The molecule has 7 aromatic rings. The number of aryl methyl sites for hydroxylation is 4. The lowest BCUT2D eigenvalue weighted by molar-refractivity contribution is 0.441. The molecule has 2 aliphatic rings. The molecule has 0 amide bonds. The summed E-state index contributed by atoms with van der Waals surface area (Å²) in [6, 6.07) is 40.5. The lowest BCUT2D eigenvalue weighted by Gasteiger charge is -2.26. The predicted octanol–water partition coefficient (Wildman–Crippen LogP) is 14.8. The van der Waals surface area contributed by atoms with Crippen molar-refractivity contribution in [3.05, 3.63) is 143 Å². The molecule has 2 saturated carbocycles. The standard InChI is InChI=1S/C52H52N2/c1-33-27-41(28-34(2)49(33)39-21-13-7-14-22-39)47-31-45(37-17-9-5-10-18-37)43-25-26-44-46(38-19-11-6-12-20-38)32-48(54-52(44)51(43)53-47)42-29-35(3)50(36(4)30-42)40-23-15-8-16-24-40/h5-6,9-12,17-20,25-32,39-40H,7-8,13-16,21-24H2,1-4H3. The van der Waals surface area contributed by atoms with E-state index in [4.69, 9.17) is 9.97 Å². The second-order valence-corrected chi connectivity index (χ2v) is 16.4. The summed E-state index contributed by atoms with van der Waals surface area (Å²) in [6.45, 7) is 9.27. The van der Waals surface area contributed by atoms with Gasteiger partial charge in [-0.15, -0.1) is 0 Å². The van der Waals surface area contributed by atoms with Crippen LogP contribution in [0.25, 0.3) is 66.6 Å². The van der Waals surface area contributed by atoms with Crippen molar-refractivity contribution in [1.82, 2.24) is 9.97 Å². The molecule has 2 heterocycles. The first-order valence-electron chi connectivity index (χ1n) is 20.6. The van der Waals surface area contributed by atoms with Crippen LogP contribution >= 0.6 is 0 Å². The van der Waals surface area contributed by atoms with E-state index in [0.717, 1.165) is 33.2 Å². The molecular weight excluding hydrogens is 653 g/mol. The minimum absolute atomic E-state index is 0.671. The molecule has 54 heavy (non-hydrogen) atoms. The molecule has 2 aliphatic carbocycles. The summed E-state index contributed by atoms with van der Waals surface area (Å²) in [5.74, 6) is 1.34. The molecule has 270 valence electrons. The summed E-state index contributed by atoms with van der Waals surface area (Å²) in [5, 5.41) is 2.27. The van der Waals surface area contributed by atoms with Crippen LogP contribution in [0.5, 0.6) is 0 Å². The van der Waals surface area contributed by atoms with Crippen LogP contribution in [-0.2, 0) is 0 Å². The van der Waals surface area contributed by atoms with Gasteiger partial charge in [-0.25, -0.2) is 9.97 Å². The van der Waals surface area contributed by atoms with Crippen molar-refractivity contribution in [1.29, 1.82) is 0 Å². The monoisotopic (exact) mass is 704 g/mol. The smallest absolute Gasteiger partial charge is 0.0978 e. The van der Waals surface area contributed by atoms with Gasteiger partial charge in [0.1, 0.15) is 0 Å². The van der Waals surface area contributed by atoms with Crippen molar-refractivity contribution in [3.63, 3.8) is 0 Å². The van der Waals surface area contributed by atoms with Crippen LogP contribution in [0.1, 0.15) is 109 Å². The topological polar surface area (TPSA) is 25.8 Å². The van der Waals surface area contributed by atoms with Crippen LogP contribution in [0.15, 0.2) is 109 Å². The van der Waals surface area contributed by atoms with Crippen LogP contribution < -0.4 is 0 Å². The summed E-state index contributed by atoms with van der Waals surface area (Å²) < 4.78 is 0. The largest absolute Gasteiger partial charge is 0.245 e. The SMILES string of the molecule is Cc1cc(-c2cc(-c3ccccc3)c3ccc4c(-c5ccccc5)cc(-c5cc(C)c(C6CCCCC6)c(C)c5)nc4c3n2)cc(C)c1C1CCCCC1. The van der Waals surface area contributed by atoms with Crippen molar-refractivity contribution in [2.75, 3.05) is 0 Å². The van der Waals surface area contributed by atoms with E-state index in [0.29, 0.717) is 11.8 Å². The highest BCUT2D eigenvalue weighted by molar-refractivity contribution is 6.13. The molecule has 2 aromatic heterocycles. The fourth-order valence-electron chi connectivity index (χ4n) is 10.3. The van der Waals surface area contributed by atoms with Gasteiger partial charge in [0.05, 0.1) is 22.4 Å². The Balaban J connectivity index is 1.29. The number of nitrogens with zero attached hydrogens (tertiary/aromatic N) is 2. The summed E-state index contributed by atoms with van der Waals surface area (Å²) in [4.78, 5) is 11.2. The average molecular weight is 705 g/mol. The van der Waals surface area contributed by atoms with E-state index in [-0.39, 0.29) is 0 Å². The van der Waals surface area contributed by atoms with E-state index < -0.39 is 0 Å². The van der Waals surface area contributed by atoms with Gasteiger partial charge in [0.2, 0.25) is 0 Å². The average Bonchev–Trinajstić information content (AvgIpc) is 3.21. The first-order valence-corrected chi connectivity index (χ1v) is 20.6. The maximum absolute atomic E-state index is 5.60. The normalized spacial score (nSPS) is 15.6. The highest BCUT2D eigenvalue weighted by atomic mass is 14.8. The fourth-order valence-corrected chi connectivity index (χ4v) is 10.3. The molecule has 2 fully saturated rings. The maximum Gasteiger partial charge on any atom is 0.0978 e. The Morgan fingerprint density at radius 3 is 1.09 bits per heavy atom. The van der Waals surface area contributed by atoms with Crippen molar-refractivity contribution in [3.8, 4) is 44.8 Å². The fraction of sp³-hybridized carbons (Fsp3) is 0.308. The van der Waals surface area contributed by atoms with Gasteiger partial charge < -0.3 is 0 Å². The zero-order chi connectivity index (χ0) is 36.8. The molecule has 0 spiro atoms. The molecule has 9 rings (SSSR count). The summed E-state index contributed by atoms with van der Waals surface area (Å²) in [5.41, 5.74) is 19.8. The number of aromatic nitrogens is 2. The van der Waals surface area contributed by atoms with Gasteiger partial charge in [0.25, 0.3) is 0 Å². The number of hydrogen-bond donors (Lipinski definition) is 0. The van der Waals surface area contributed by atoms with Crippen molar-refractivity contribution in [2.45, 2.75) is 104 Å². The maximum atomic E-state index is 5.60. The molecule has 2 heteroatoms. The van der Waals surface area contributed by atoms with Crippen molar-refractivity contribution >= 4 is 21.8 Å². The first-order chi connectivity index (χ1) is 26.4. The quantitative estimate of drug-likeness (QED) is 0.161. The second-order valence-electron chi connectivity index (χ2n) is 16.4. The van der Waals surface area contributed by atoms with Gasteiger partial charge in [-0.1, -0.05) is 111 Å². The van der Waals surface area contributed by atoms with Gasteiger partial charge in [-0.3, -0.25) is 0 Å². The predicted molar refractivity (Wildman–Crippen MR) is 229 cm³/mol.